The first-order chi connectivity index (χ1) is 9.30. The third kappa shape index (κ3) is 3.08. The third-order valence-electron chi connectivity index (χ3n) is 4.02. The summed E-state index contributed by atoms with van der Waals surface area (Å²) in [5, 5.41) is 9.14. The Morgan fingerprint density at radius 3 is 2.68 bits per heavy atom. The lowest BCUT2D eigenvalue weighted by Crippen LogP contribution is -2.27. The highest BCUT2D eigenvalue weighted by Crippen LogP contribution is 2.35. The van der Waals surface area contributed by atoms with Crippen molar-refractivity contribution < 1.29 is 4.74 Å². The number of methoxy groups -OCH3 is 1. The van der Waals surface area contributed by atoms with Crippen LogP contribution in [-0.4, -0.2) is 24.6 Å². The fourth-order valence-corrected chi connectivity index (χ4v) is 2.59. The highest BCUT2D eigenvalue weighted by atomic mass is 16.5. The number of nitrogens with zero attached hydrogens (tertiary/aromatic N) is 2. The molecular weight excluding hydrogens is 236 g/mol. The summed E-state index contributed by atoms with van der Waals surface area (Å²) < 4.78 is 5.19. The van der Waals surface area contributed by atoms with E-state index < -0.39 is 0 Å². The molecule has 0 spiro atoms. The Hall–Kier alpha value is -1.53. The van der Waals surface area contributed by atoms with Gasteiger partial charge >= 0.3 is 0 Å². The molecule has 2 saturated carbocycles. The molecule has 0 aromatic heterocycles. The van der Waals surface area contributed by atoms with E-state index in [4.69, 9.17) is 10.00 Å². The summed E-state index contributed by atoms with van der Waals surface area (Å²) in [6.07, 6.45) is 5.48. The second-order valence-corrected chi connectivity index (χ2v) is 5.75. The van der Waals surface area contributed by atoms with Crippen LogP contribution in [0.15, 0.2) is 18.2 Å². The van der Waals surface area contributed by atoms with Gasteiger partial charge in [-0.2, -0.15) is 5.26 Å². The van der Waals surface area contributed by atoms with Gasteiger partial charge in [0.25, 0.3) is 0 Å². The highest BCUT2D eigenvalue weighted by Gasteiger charge is 2.33. The van der Waals surface area contributed by atoms with Gasteiger partial charge in [-0.1, -0.05) is 6.07 Å². The van der Waals surface area contributed by atoms with E-state index in [0.29, 0.717) is 11.3 Å². The first-order valence-electron chi connectivity index (χ1n) is 7.11. The molecule has 0 saturated heterocycles. The van der Waals surface area contributed by atoms with Gasteiger partial charge in [-0.25, -0.2) is 0 Å². The Labute approximate surface area is 114 Å². The van der Waals surface area contributed by atoms with Gasteiger partial charge in [0.2, 0.25) is 0 Å². The molecule has 0 N–H and O–H groups in total. The van der Waals surface area contributed by atoms with Crippen LogP contribution in [0.1, 0.15) is 36.8 Å². The Bertz CT molecular complexity index is 498. The molecule has 1 aromatic carbocycles. The van der Waals surface area contributed by atoms with Crippen LogP contribution >= 0.6 is 0 Å². The molecule has 0 heterocycles. The minimum absolute atomic E-state index is 0.641. The molecule has 1 aromatic rings. The SMILES string of the molecule is COc1ccc(CN(CC2CC2)C2CC2)cc1C#N. The molecule has 2 aliphatic rings. The smallest absolute Gasteiger partial charge is 0.136 e. The lowest BCUT2D eigenvalue weighted by Gasteiger charge is -2.22. The molecule has 100 valence electrons. The first kappa shape index (κ1) is 12.5. The predicted molar refractivity (Wildman–Crippen MR) is 73.9 cm³/mol. The van der Waals surface area contributed by atoms with E-state index in [9.17, 15) is 0 Å². The fraction of sp³-hybridized carbons (Fsp3) is 0.562. The number of benzene rings is 1. The van der Waals surface area contributed by atoms with Crippen LogP contribution in [0.25, 0.3) is 0 Å². The maximum absolute atomic E-state index is 9.14. The number of nitriles is 1. The van der Waals surface area contributed by atoms with Crippen molar-refractivity contribution >= 4 is 0 Å². The van der Waals surface area contributed by atoms with Crippen LogP contribution in [0.3, 0.4) is 0 Å². The average Bonchev–Trinajstić information content (AvgIpc) is 3.29. The zero-order valence-corrected chi connectivity index (χ0v) is 11.4. The van der Waals surface area contributed by atoms with Crippen molar-refractivity contribution in [1.82, 2.24) is 4.90 Å². The summed E-state index contributed by atoms with van der Waals surface area (Å²) in [6.45, 7) is 2.21. The topological polar surface area (TPSA) is 36.3 Å². The fourth-order valence-electron chi connectivity index (χ4n) is 2.59. The van der Waals surface area contributed by atoms with Gasteiger partial charge < -0.3 is 4.74 Å². The van der Waals surface area contributed by atoms with Crippen molar-refractivity contribution in [1.29, 1.82) is 5.26 Å². The van der Waals surface area contributed by atoms with Crippen LogP contribution in [0, 0.1) is 17.2 Å². The molecular formula is C16H20N2O. The molecule has 0 unspecified atom stereocenters. The van der Waals surface area contributed by atoms with Crippen molar-refractivity contribution in [2.24, 2.45) is 5.92 Å². The summed E-state index contributed by atoms with van der Waals surface area (Å²) in [5.41, 5.74) is 1.87. The number of ether oxygens (including phenoxy) is 1. The van der Waals surface area contributed by atoms with E-state index in [1.165, 1.54) is 37.8 Å². The zero-order valence-electron chi connectivity index (χ0n) is 11.4. The van der Waals surface area contributed by atoms with Crippen molar-refractivity contribution in [3.63, 3.8) is 0 Å². The molecule has 0 atom stereocenters. The van der Waals surface area contributed by atoms with E-state index in [2.05, 4.69) is 17.0 Å². The number of rotatable bonds is 6. The van der Waals surface area contributed by atoms with Gasteiger partial charge in [0.1, 0.15) is 11.8 Å². The maximum atomic E-state index is 9.14. The molecule has 0 bridgehead atoms. The molecule has 0 radical (unpaired) electrons. The van der Waals surface area contributed by atoms with Gasteiger partial charge in [-0.15, -0.1) is 0 Å². The van der Waals surface area contributed by atoms with Gasteiger partial charge in [-0.05, 0) is 49.3 Å². The van der Waals surface area contributed by atoms with Gasteiger partial charge in [0, 0.05) is 19.1 Å². The summed E-state index contributed by atoms with van der Waals surface area (Å²) in [7, 11) is 1.61. The van der Waals surface area contributed by atoms with Gasteiger partial charge in [0.05, 0.1) is 12.7 Å². The summed E-state index contributed by atoms with van der Waals surface area (Å²) in [5.74, 6) is 1.60. The van der Waals surface area contributed by atoms with Crippen LogP contribution in [0.2, 0.25) is 0 Å². The molecule has 2 aliphatic carbocycles. The molecule has 3 heteroatoms. The van der Waals surface area contributed by atoms with Crippen LogP contribution < -0.4 is 4.74 Å². The minimum Gasteiger partial charge on any atom is -0.495 e. The van der Waals surface area contributed by atoms with Crippen LogP contribution in [0.5, 0.6) is 5.75 Å². The van der Waals surface area contributed by atoms with E-state index in [0.717, 1.165) is 18.5 Å². The van der Waals surface area contributed by atoms with Crippen molar-refractivity contribution in [2.45, 2.75) is 38.3 Å². The van der Waals surface area contributed by atoms with E-state index in [1.54, 1.807) is 7.11 Å². The van der Waals surface area contributed by atoms with Crippen molar-refractivity contribution in [3.05, 3.63) is 29.3 Å². The third-order valence-corrected chi connectivity index (χ3v) is 4.02. The van der Waals surface area contributed by atoms with Gasteiger partial charge in [-0.3, -0.25) is 4.90 Å². The second-order valence-electron chi connectivity index (χ2n) is 5.75. The minimum atomic E-state index is 0.641. The molecule has 0 aliphatic heterocycles. The molecule has 3 rings (SSSR count). The zero-order chi connectivity index (χ0) is 13.2. The standard InChI is InChI=1S/C16H20N2O/c1-19-16-7-4-13(8-14(16)9-17)11-18(15-5-6-15)10-12-2-3-12/h4,7-8,12,15H,2-3,5-6,10-11H2,1H3. The molecule has 3 nitrogen and oxygen atoms in total. The normalized spacial score (nSPS) is 18.4. The summed E-state index contributed by atoms with van der Waals surface area (Å²) in [6, 6.07) is 8.97. The molecule has 0 amide bonds. The first-order valence-corrected chi connectivity index (χ1v) is 7.11. The van der Waals surface area contributed by atoms with E-state index >= 15 is 0 Å². The average molecular weight is 256 g/mol. The molecule has 19 heavy (non-hydrogen) atoms. The van der Waals surface area contributed by atoms with Crippen LogP contribution in [-0.2, 0) is 6.54 Å². The van der Waals surface area contributed by atoms with Crippen molar-refractivity contribution in [3.8, 4) is 11.8 Å². The monoisotopic (exact) mass is 256 g/mol. The Morgan fingerprint density at radius 2 is 2.11 bits per heavy atom. The largest absolute Gasteiger partial charge is 0.495 e. The summed E-state index contributed by atoms with van der Waals surface area (Å²) in [4.78, 5) is 2.60. The predicted octanol–water partition coefficient (Wildman–Crippen LogP) is 2.94. The van der Waals surface area contributed by atoms with E-state index in [1.807, 2.05) is 12.1 Å². The summed E-state index contributed by atoms with van der Waals surface area (Å²) >= 11 is 0. The lowest BCUT2D eigenvalue weighted by atomic mass is 10.1. The van der Waals surface area contributed by atoms with Crippen molar-refractivity contribution in [2.75, 3.05) is 13.7 Å². The maximum Gasteiger partial charge on any atom is 0.136 e. The highest BCUT2D eigenvalue weighted by molar-refractivity contribution is 5.45. The lowest BCUT2D eigenvalue weighted by molar-refractivity contribution is 0.244. The van der Waals surface area contributed by atoms with Gasteiger partial charge in [0.15, 0.2) is 0 Å². The quantitative estimate of drug-likeness (QED) is 0.785. The Morgan fingerprint density at radius 1 is 1.32 bits per heavy atom. The number of hydrogen-bond acceptors (Lipinski definition) is 3. The Kier molecular flexibility index (Phi) is 3.44. The van der Waals surface area contributed by atoms with E-state index in [-0.39, 0.29) is 0 Å². The number of hydrogen-bond donors (Lipinski definition) is 0. The second kappa shape index (κ2) is 5.22. The molecule has 2 fully saturated rings. The Balaban J connectivity index is 1.71. The van der Waals surface area contributed by atoms with Crippen LogP contribution in [0.4, 0.5) is 0 Å².